The van der Waals surface area contributed by atoms with Crippen LogP contribution in [0.2, 0.25) is 0 Å². The quantitative estimate of drug-likeness (QED) is 0.105. The van der Waals surface area contributed by atoms with Gasteiger partial charge in [-0.05, 0) is 102 Å². The molecule has 0 bridgehead atoms. The Morgan fingerprint density at radius 2 is 1.38 bits per heavy atom. The van der Waals surface area contributed by atoms with Crippen LogP contribution in [0.4, 0.5) is 9.93 Å². The molecule has 0 atom stereocenters. The fourth-order valence-electron chi connectivity index (χ4n) is 6.64. The predicted octanol–water partition coefficient (Wildman–Crippen LogP) is 8.41. The number of carbonyl (C=O) groups excluding carboxylic acids is 1. The molecule has 0 aliphatic heterocycles. The molecule has 2 aromatic heterocycles. The minimum atomic E-state index is -4.53. The van der Waals surface area contributed by atoms with E-state index < -0.39 is 21.7 Å². The van der Waals surface area contributed by atoms with E-state index in [2.05, 4.69) is 26.8 Å². The molecule has 0 spiro atoms. The largest absolute Gasteiger partial charge is 0.497 e. The first-order chi connectivity index (χ1) is 29.3. The Morgan fingerprint density at radius 1 is 0.803 bits per heavy atom. The van der Waals surface area contributed by atoms with E-state index in [-0.39, 0.29) is 41.5 Å². The number of carbonyl (C=O) groups is 1. The number of ether oxygens (including phenoxy) is 4. The third-order valence-electron chi connectivity index (χ3n) is 9.51. The van der Waals surface area contributed by atoms with Crippen molar-refractivity contribution in [1.82, 2.24) is 29.5 Å². The van der Waals surface area contributed by atoms with E-state index in [1.807, 2.05) is 66.7 Å². The summed E-state index contributed by atoms with van der Waals surface area (Å²) in [6.45, 7) is 5.44. The summed E-state index contributed by atoms with van der Waals surface area (Å²) in [6, 6.07) is 30.7. The van der Waals surface area contributed by atoms with Crippen LogP contribution >= 0.6 is 11.3 Å². The molecular weight excluding hydrogens is 815 g/mol. The van der Waals surface area contributed by atoms with Gasteiger partial charge in [-0.3, -0.25) is 5.32 Å². The molecule has 0 saturated carbocycles. The summed E-state index contributed by atoms with van der Waals surface area (Å²) in [5.74, 6) is 4.73. The monoisotopic (exact) mass is 857 g/mol. The molecule has 61 heavy (non-hydrogen) atoms. The molecule has 0 unspecified atom stereocenters. The normalized spacial score (nSPS) is 11.6. The van der Waals surface area contributed by atoms with Crippen molar-refractivity contribution in [1.29, 1.82) is 0 Å². The molecule has 0 saturated heterocycles. The van der Waals surface area contributed by atoms with Gasteiger partial charge in [-0.2, -0.15) is 4.31 Å². The Labute approximate surface area is 358 Å². The summed E-state index contributed by atoms with van der Waals surface area (Å²) in [7, 11) is 0.194. The van der Waals surface area contributed by atoms with E-state index >= 15 is 8.42 Å². The van der Waals surface area contributed by atoms with Crippen LogP contribution in [0.3, 0.4) is 0 Å². The Balaban J connectivity index is 1.45. The smallest absolute Gasteiger partial charge is 0.413 e. The molecule has 0 aliphatic rings. The minimum absolute atomic E-state index is 0.0236. The van der Waals surface area contributed by atoms with E-state index in [1.165, 1.54) is 20.3 Å². The lowest BCUT2D eigenvalue weighted by molar-refractivity contribution is 0.0636. The molecular formula is C45H43N7O7S2. The Hall–Kier alpha value is -6.80. The van der Waals surface area contributed by atoms with Gasteiger partial charge in [0.25, 0.3) is 0 Å². The van der Waals surface area contributed by atoms with Gasteiger partial charge in [0.15, 0.2) is 11.0 Å². The number of hydrogen-bond acceptors (Lipinski definition) is 12. The molecule has 0 aliphatic carbocycles. The highest BCUT2D eigenvalue weighted by Crippen LogP contribution is 2.43. The van der Waals surface area contributed by atoms with E-state index in [4.69, 9.17) is 30.4 Å². The Morgan fingerprint density at radius 3 is 1.92 bits per heavy atom. The van der Waals surface area contributed by atoms with E-state index in [1.54, 1.807) is 78.5 Å². The number of thiazole rings is 1. The number of sulfonamides is 1. The second kappa shape index (κ2) is 17.8. The summed E-state index contributed by atoms with van der Waals surface area (Å²) in [5.41, 5.74) is 3.28. The molecule has 312 valence electrons. The highest BCUT2D eigenvalue weighted by atomic mass is 32.2. The van der Waals surface area contributed by atoms with Crippen molar-refractivity contribution in [3.05, 3.63) is 125 Å². The van der Waals surface area contributed by atoms with Crippen LogP contribution in [-0.2, 0) is 34.4 Å². The number of nitrogens with one attached hydrogen (secondary N) is 1. The SMILES string of the molecule is C#Cc1ccc(-c2cccc3sc(NC(=O)OC(C)(C)C)nc23)c(-c2nnnn2Cc2ccc(OC)cc2)c1S(=O)(=O)N(Cc1ccc(OC)cc1)Cc1ccc(OC)cc1. The van der Waals surface area contributed by atoms with Crippen LogP contribution in [0.5, 0.6) is 17.2 Å². The lowest BCUT2D eigenvalue weighted by Crippen LogP contribution is -2.31. The van der Waals surface area contributed by atoms with Gasteiger partial charge in [0.2, 0.25) is 10.0 Å². The Kier molecular flexibility index (Phi) is 12.4. The number of fused-ring (bicyclic) bond motifs is 1. The lowest BCUT2D eigenvalue weighted by atomic mass is 9.96. The first kappa shape index (κ1) is 42.3. The van der Waals surface area contributed by atoms with Gasteiger partial charge >= 0.3 is 6.09 Å². The maximum absolute atomic E-state index is 15.7. The number of aromatic nitrogens is 5. The maximum Gasteiger partial charge on any atom is 0.413 e. The number of amides is 1. The van der Waals surface area contributed by atoms with Crippen molar-refractivity contribution in [2.24, 2.45) is 0 Å². The van der Waals surface area contributed by atoms with Crippen molar-refractivity contribution in [3.8, 4) is 52.1 Å². The second-order valence-corrected chi connectivity index (χ2v) is 17.7. The van der Waals surface area contributed by atoms with Gasteiger partial charge in [-0.15, -0.1) is 11.5 Å². The maximum atomic E-state index is 15.7. The first-order valence-corrected chi connectivity index (χ1v) is 21.2. The summed E-state index contributed by atoms with van der Waals surface area (Å²) >= 11 is 1.25. The van der Waals surface area contributed by atoms with Gasteiger partial charge in [0.05, 0.1) is 43.7 Å². The number of para-hydroxylation sites is 1. The molecule has 7 aromatic rings. The Bertz CT molecular complexity index is 2780. The third kappa shape index (κ3) is 9.49. The number of benzene rings is 5. The van der Waals surface area contributed by atoms with Crippen molar-refractivity contribution in [2.75, 3.05) is 26.6 Å². The number of anilines is 1. The summed E-state index contributed by atoms with van der Waals surface area (Å²) < 4.78 is 56.7. The molecule has 0 fully saturated rings. The molecule has 16 heteroatoms. The predicted molar refractivity (Wildman–Crippen MR) is 234 cm³/mol. The van der Waals surface area contributed by atoms with Crippen LogP contribution < -0.4 is 19.5 Å². The average molecular weight is 858 g/mol. The zero-order chi connectivity index (χ0) is 43.3. The molecule has 2 heterocycles. The number of tetrazole rings is 1. The van der Waals surface area contributed by atoms with Crippen molar-refractivity contribution in [2.45, 2.75) is 50.9 Å². The van der Waals surface area contributed by atoms with E-state index in [0.29, 0.717) is 50.2 Å². The highest BCUT2D eigenvalue weighted by Gasteiger charge is 2.35. The minimum Gasteiger partial charge on any atom is -0.497 e. The lowest BCUT2D eigenvalue weighted by Gasteiger charge is -2.26. The fraction of sp³-hybridized carbons (Fsp3) is 0.222. The number of terminal acetylenes is 1. The topological polar surface area (TPSA) is 160 Å². The number of rotatable bonds is 14. The van der Waals surface area contributed by atoms with Crippen LogP contribution in [0.15, 0.2) is 108 Å². The van der Waals surface area contributed by atoms with Crippen LogP contribution in [0.25, 0.3) is 32.7 Å². The summed E-state index contributed by atoms with van der Waals surface area (Å²) in [4.78, 5) is 17.5. The summed E-state index contributed by atoms with van der Waals surface area (Å²) in [5, 5.41) is 15.9. The van der Waals surface area contributed by atoms with Gasteiger partial charge in [-0.1, -0.05) is 71.9 Å². The molecule has 0 radical (unpaired) electrons. The standard InChI is InChI=1S/C45H43N7O7S2/c1-8-32-18-25-36(37-10-9-11-38-40(37)46-43(60-38)47-44(53)59-45(2,3)4)39(42-48-49-50-52(42)28-31-16-23-35(58-7)24-17-31)41(32)61(54,55)51(26-29-12-19-33(56-5)20-13-29)27-30-14-21-34(57-6)22-15-30/h1,9-25H,26-28H2,2-7H3,(H,46,47,53). The van der Waals surface area contributed by atoms with Crippen molar-refractivity contribution >= 4 is 42.8 Å². The van der Waals surface area contributed by atoms with Crippen molar-refractivity contribution < 1.29 is 32.2 Å². The number of hydrogen-bond donors (Lipinski definition) is 1. The fourth-order valence-corrected chi connectivity index (χ4v) is 9.28. The van der Waals surface area contributed by atoms with Crippen LogP contribution in [0, 0.1) is 12.3 Å². The zero-order valence-electron chi connectivity index (χ0n) is 34.4. The second-order valence-electron chi connectivity index (χ2n) is 14.8. The summed E-state index contributed by atoms with van der Waals surface area (Å²) in [6.07, 6.45) is 5.55. The number of nitrogens with zero attached hydrogens (tertiary/aromatic N) is 6. The van der Waals surface area contributed by atoms with Gasteiger partial charge in [-0.25, -0.2) is 22.9 Å². The number of methoxy groups -OCH3 is 3. The third-order valence-corrected chi connectivity index (χ3v) is 12.3. The van der Waals surface area contributed by atoms with Gasteiger partial charge in [0.1, 0.15) is 27.7 Å². The van der Waals surface area contributed by atoms with Crippen LogP contribution in [0.1, 0.15) is 43.0 Å². The highest BCUT2D eigenvalue weighted by molar-refractivity contribution is 7.89. The van der Waals surface area contributed by atoms with Crippen LogP contribution in [-0.4, -0.2) is 70.9 Å². The molecule has 5 aromatic carbocycles. The van der Waals surface area contributed by atoms with E-state index in [9.17, 15) is 4.79 Å². The molecule has 7 rings (SSSR count). The molecule has 1 amide bonds. The van der Waals surface area contributed by atoms with Crippen molar-refractivity contribution in [3.63, 3.8) is 0 Å². The molecule has 14 nitrogen and oxygen atoms in total. The van der Waals surface area contributed by atoms with Gasteiger partial charge in [0, 0.05) is 24.2 Å². The zero-order valence-corrected chi connectivity index (χ0v) is 36.0. The average Bonchev–Trinajstić information content (AvgIpc) is 3.89. The van der Waals surface area contributed by atoms with E-state index in [0.717, 1.165) is 10.3 Å². The van der Waals surface area contributed by atoms with Gasteiger partial charge < -0.3 is 18.9 Å². The first-order valence-electron chi connectivity index (χ1n) is 19.0. The molecule has 1 N–H and O–H groups in total.